The quantitative estimate of drug-likeness (QED) is 0.396. The first-order valence-electron chi connectivity index (χ1n) is 2.59. The Bertz CT molecular complexity index is 149. The molecule has 0 atom stereocenters. The van der Waals surface area contributed by atoms with Gasteiger partial charge >= 0.3 is 0 Å². The summed E-state index contributed by atoms with van der Waals surface area (Å²) < 4.78 is 0. The van der Waals surface area contributed by atoms with Gasteiger partial charge in [-0.15, -0.1) is 0 Å². The summed E-state index contributed by atoms with van der Waals surface area (Å²) in [4.78, 5) is 8.10. The van der Waals surface area contributed by atoms with Crippen molar-refractivity contribution in [3.05, 3.63) is 0 Å². The summed E-state index contributed by atoms with van der Waals surface area (Å²) in [6.45, 7) is 2.62. The fourth-order valence-electron chi connectivity index (χ4n) is 0.590. The zero-order chi connectivity index (χ0) is 5.98. The lowest BCUT2D eigenvalue weighted by Crippen LogP contribution is -2.20. The molecular weight excluding hydrogens is 101 g/mol. The fourth-order valence-corrected chi connectivity index (χ4v) is 0.590. The monoisotopic (exact) mass is 109 g/mol. The molecule has 8 heavy (non-hydrogen) atoms. The standard InChI is InChI=1S/C4H8BN3/c1-3-6-2-4(7-3)8-5/h2,5H2,1H3,(H,6,7,8). The molecule has 0 spiro atoms. The zero-order valence-electron chi connectivity index (χ0n) is 5.10. The highest BCUT2D eigenvalue weighted by Crippen LogP contribution is 1.90. The molecule has 0 aromatic heterocycles. The summed E-state index contributed by atoms with van der Waals surface area (Å²) in [5, 5.41) is 2.93. The van der Waals surface area contributed by atoms with Crippen molar-refractivity contribution in [2.24, 2.45) is 9.98 Å². The van der Waals surface area contributed by atoms with Gasteiger partial charge in [-0.3, -0.25) is 4.99 Å². The molecule has 1 N–H and O–H groups in total. The summed E-state index contributed by atoms with van der Waals surface area (Å²) >= 11 is 0. The molecule has 3 nitrogen and oxygen atoms in total. The lowest BCUT2D eigenvalue weighted by atomic mass is 10.4. The van der Waals surface area contributed by atoms with Gasteiger partial charge in [0.15, 0.2) is 0 Å². The van der Waals surface area contributed by atoms with E-state index in [1.165, 1.54) is 0 Å². The Labute approximate surface area is 49.3 Å². The van der Waals surface area contributed by atoms with Crippen LogP contribution in [0.1, 0.15) is 6.92 Å². The Morgan fingerprint density at radius 2 is 2.50 bits per heavy atom. The van der Waals surface area contributed by atoms with E-state index in [0.29, 0.717) is 0 Å². The van der Waals surface area contributed by atoms with Crippen molar-refractivity contribution in [3.8, 4) is 0 Å². The topological polar surface area (TPSA) is 36.8 Å². The van der Waals surface area contributed by atoms with E-state index in [1.54, 1.807) is 0 Å². The van der Waals surface area contributed by atoms with Crippen molar-refractivity contribution in [2.45, 2.75) is 6.92 Å². The zero-order valence-corrected chi connectivity index (χ0v) is 5.10. The third-order valence-corrected chi connectivity index (χ3v) is 1.04. The van der Waals surface area contributed by atoms with Gasteiger partial charge in [0.25, 0.3) is 0 Å². The van der Waals surface area contributed by atoms with E-state index < -0.39 is 0 Å². The fraction of sp³-hybridized carbons (Fsp3) is 0.500. The molecule has 0 unspecified atom stereocenters. The lowest BCUT2D eigenvalue weighted by Gasteiger charge is -1.91. The Hall–Kier alpha value is -0.795. The highest BCUT2D eigenvalue weighted by atomic mass is 15.1. The first-order valence-corrected chi connectivity index (χ1v) is 2.59. The Balaban J connectivity index is 2.56. The van der Waals surface area contributed by atoms with Gasteiger partial charge in [-0.05, 0) is 6.92 Å². The maximum absolute atomic E-state index is 4.06. The Kier molecular flexibility index (Phi) is 1.33. The maximum atomic E-state index is 4.06. The van der Waals surface area contributed by atoms with Crippen LogP contribution in [0.4, 0.5) is 0 Å². The number of rotatable bonds is 0. The molecule has 0 saturated carbocycles. The van der Waals surface area contributed by atoms with Gasteiger partial charge in [0, 0.05) is 0 Å². The van der Waals surface area contributed by atoms with Crippen LogP contribution in [0.2, 0.25) is 0 Å². The minimum atomic E-state index is 0.725. The van der Waals surface area contributed by atoms with Crippen LogP contribution in [0.3, 0.4) is 0 Å². The number of amidine groups is 2. The Morgan fingerprint density at radius 1 is 1.75 bits per heavy atom. The number of nitrogens with zero attached hydrogens (tertiary/aromatic N) is 2. The van der Waals surface area contributed by atoms with Crippen LogP contribution in [0.25, 0.3) is 0 Å². The van der Waals surface area contributed by atoms with Crippen LogP contribution in [-0.4, -0.2) is 26.2 Å². The summed E-state index contributed by atoms with van der Waals surface area (Å²) in [5.74, 6) is 1.83. The third kappa shape index (κ3) is 0.884. The number of aliphatic imine (C=N–C) groups is 2. The largest absolute Gasteiger partial charge is 0.421 e. The molecule has 1 heterocycles. The minimum absolute atomic E-state index is 0.725. The summed E-state index contributed by atoms with van der Waals surface area (Å²) in [7, 11) is 1.85. The van der Waals surface area contributed by atoms with E-state index in [9.17, 15) is 0 Å². The molecule has 0 aromatic rings. The molecule has 0 radical (unpaired) electrons. The van der Waals surface area contributed by atoms with Gasteiger partial charge in [0.05, 0.1) is 6.54 Å². The average Bonchev–Trinajstić information content (AvgIpc) is 2.14. The first-order chi connectivity index (χ1) is 3.83. The van der Waals surface area contributed by atoms with Crippen molar-refractivity contribution < 1.29 is 0 Å². The van der Waals surface area contributed by atoms with Crippen LogP contribution in [0.5, 0.6) is 0 Å². The summed E-state index contributed by atoms with van der Waals surface area (Å²) in [6, 6.07) is 0. The highest BCUT2D eigenvalue weighted by molar-refractivity contribution is 6.18. The minimum Gasteiger partial charge on any atom is -0.421 e. The highest BCUT2D eigenvalue weighted by Gasteiger charge is 2.00. The predicted molar refractivity (Wildman–Crippen MR) is 37.1 cm³/mol. The molecule has 1 rings (SSSR count). The normalized spacial score (nSPS) is 17.6. The van der Waals surface area contributed by atoms with Crippen LogP contribution in [-0.2, 0) is 0 Å². The number of nitrogens with one attached hydrogen (secondary N) is 1. The third-order valence-electron chi connectivity index (χ3n) is 1.04. The molecule has 0 amide bonds. The van der Waals surface area contributed by atoms with E-state index in [2.05, 4.69) is 15.2 Å². The summed E-state index contributed by atoms with van der Waals surface area (Å²) in [5.41, 5.74) is 0. The smallest absolute Gasteiger partial charge is 0.215 e. The van der Waals surface area contributed by atoms with E-state index in [4.69, 9.17) is 0 Å². The van der Waals surface area contributed by atoms with E-state index in [-0.39, 0.29) is 0 Å². The molecular formula is C4H8BN3. The van der Waals surface area contributed by atoms with Crippen molar-refractivity contribution in [1.82, 2.24) is 5.23 Å². The molecule has 4 heteroatoms. The molecule has 0 bridgehead atoms. The maximum Gasteiger partial charge on any atom is 0.215 e. The molecule has 0 aliphatic carbocycles. The van der Waals surface area contributed by atoms with E-state index in [0.717, 1.165) is 18.2 Å². The van der Waals surface area contributed by atoms with Gasteiger partial charge in [-0.1, -0.05) is 0 Å². The van der Waals surface area contributed by atoms with Crippen molar-refractivity contribution >= 4 is 19.7 Å². The molecule has 1 aliphatic heterocycles. The lowest BCUT2D eigenvalue weighted by molar-refractivity contribution is 1.28. The van der Waals surface area contributed by atoms with Crippen molar-refractivity contribution in [1.29, 1.82) is 0 Å². The van der Waals surface area contributed by atoms with Gasteiger partial charge in [-0.2, -0.15) is 0 Å². The van der Waals surface area contributed by atoms with Crippen LogP contribution in [0.15, 0.2) is 9.98 Å². The van der Waals surface area contributed by atoms with Crippen LogP contribution >= 0.6 is 0 Å². The van der Waals surface area contributed by atoms with Gasteiger partial charge in [0.1, 0.15) is 11.7 Å². The SMILES string of the molecule is BNC1=NC(C)=NC1. The second-order valence-electron chi connectivity index (χ2n) is 1.67. The van der Waals surface area contributed by atoms with E-state index >= 15 is 0 Å². The van der Waals surface area contributed by atoms with Crippen LogP contribution in [0, 0.1) is 0 Å². The van der Waals surface area contributed by atoms with Crippen molar-refractivity contribution in [3.63, 3.8) is 0 Å². The average molecular weight is 109 g/mol. The second-order valence-corrected chi connectivity index (χ2v) is 1.67. The van der Waals surface area contributed by atoms with Crippen LogP contribution < -0.4 is 5.23 Å². The predicted octanol–water partition coefficient (Wildman–Crippen LogP) is -1.05. The molecule has 0 aromatic carbocycles. The Morgan fingerprint density at radius 3 is 2.75 bits per heavy atom. The van der Waals surface area contributed by atoms with Gasteiger partial charge in [-0.25, -0.2) is 4.99 Å². The number of hydrogen-bond donors (Lipinski definition) is 1. The van der Waals surface area contributed by atoms with Crippen molar-refractivity contribution in [2.75, 3.05) is 6.54 Å². The second kappa shape index (κ2) is 1.98. The summed E-state index contributed by atoms with van der Waals surface area (Å²) in [6.07, 6.45) is 0. The molecule has 0 fully saturated rings. The molecule has 0 saturated heterocycles. The first kappa shape index (κ1) is 5.34. The van der Waals surface area contributed by atoms with Gasteiger partial charge in [0.2, 0.25) is 7.98 Å². The number of hydrogen-bond acceptors (Lipinski definition) is 3. The molecule has 42 valence electrons. The van der Waals surface area contributed by atoms with E-state index in [1.807, 2.05) is 14.9 Å². The molecule has 1 aliphatic rings. The van der Waals surface area contributed by atoms with Gasteiger partial charge < -0.3 is 5.23 Å².